The number of hydrogen-bond acceptors (Lipinski definition) is 2. The Balaban J connectivity index is 2.31. The fourth-order valence-electron chi connectivity index (χ4n) is 2.51. The predicted octanol–water partition coefficient (Wildman–Crippen LogP) is 2.60. The summed E-state index contributed by atoms with van der Waals surface area (Å²) in [4.78, 5) is 24.5. The Labute approximate surface area is 115 Å². The minimum Gasteiger partial charge on any atom is -0.480 e. The van der Waals surface area contributed by atoms with Crippen molar-refractivity contribution >= 4 is 12.0 Å². The molecule has 110 valence electrons. The second kappa shape index (κ2) is 8.02. The van der Waals surface area contributed by atoms with Gasteiger partial charge in [0, 0.05) is 12.6 Å². The number of carbonyl (C=O) groups excluding carboxylic acids is 1. The van der Waals surface area contributed by atoms with Gasteiger partial charge in [-0.3, -0.25) is 0 Å². The zero-order valence-corrected chi connectivity index (χ0v) is 12.0. The van der Waals surface area contributed by atoms with Gasteiger partial charge in [-0.25, -0.2) is 9.59 Å². The number of carboxylic acids is 1. The molecule has 5 nitrogen and oxygen atoms in total. The number of unbranched alkanes of at least 4 members (excludes halogenated alkanes) is 3. The van der Waals surface area contributed by atoms with Crippen LogP contribution in [0.3, 0.4) is 0 Å². The summed E-state index contributed by atoms with van der Waals surface area (Å²) in [6, 6.07) is -0.764. The number of nitrogens with one attached hydrogen (secondary N) is 1. The van der Waals surface area contributed by atoms with Crippen molar-refractivity contribution in [2.24, 2.45) is 0 Å². The second-order valence-corrected chi connectivity index (χ2v) is 5.39. The van der Waals surface area contributed by atoms with Gasteiger partial charge in [-0.15, -0.1) is 0 Å². The van der Waals surface area contributed by atoms with E-state index in [1.165, 1.54) is 24.2 Å². The van der Waals surface area contributed by atoms with Crippen molar-refractivity contribution in [3.8, 4) is 0 Å². The van der Waals surface area contributed by atoms with E-state index in [1.807, 2.05) is 6.92 Å². The Morgan fingerprint density at radius 2 is 2.11 bits per heavy atom. The lowest BCUT2D eigenvalue weighted by molar-refractivity contribution is -0.141. The van der Waals surface area contributed by atoms with Crippen LogP contribution in [0.1, 0.15) is 58.8 Å². The van der Waals surface area contributed by atoms with E-state index in [-0.39, 0.29) is 12.1 Å². The van der Waals surface area contributed by atoms with Crippen LogP contribution in [0, 0.1) is 0 Å². The second-order valence-electron chi connectivity index (χ2n) is 5.39. The van der Waals surface area contributed by atoms with Gasteiger partial charge in [0.05, 0.1) is 0 Å². The number of amides is 2. The molecule has 19 heavy (non-hydrogen) atoms. The Hall–Kier alpha value is -1.26. The lowest BCUT2D eigenvalue weighted by atomic mass is 10.1. The van der Waals surface area contributed by atoms with Gasteiger partial charge in [0.25, 0.3) is 0 Å². The molecule has 0 radical (unpaired) electrons. The quantitative estimate of drug-likeness (QED) is 0.699. The highest BCUT2D eigenvalue weighted by Crippen LogP contribution is 2.17. The van der Waals surface area contributed by atoms with Crippen LogP contribution in [0.2, 0.25) is 0 Å². The summed E-state index contributed by atoms with van der Waals surface area (Å²) in [6.45, 7) is 4.70. The predicted molar refractivity (Wildman–Crippen MR) is 74.1 cm³/mol. The molecule has 2 atom stereocenters. The van der Waals surface area contributed by atoms with Crippen molar-refractivity contribution in [3.63, 3.8) is 0 Å². The van der Waals surface area contributed by atoms with Gasteiger partial charge in [0.1, 0.15) is 6.04 Å². The highest BCUT2D eigenvalue weighted by atomic mass is 16.4. The van der Waals surface area contributed by atoms with Crippen LogP contribution >= 0.6 is 0 Å². The molecule has 1 rings (SSSR count). The number of nitrogens with zero attached hydrogens (tertiary/aromatic N) is 1. The van der Waals surface area contributed by atoms with Crippen LogP contribution in [-0.4, -0.2) is 40.6 Å². The molecule has 0 spiro atoms. The summed E-state index contributed by atoms with van der Waals surface area (Å²) in [5, 5.41) is 12.0. The molecule has 0 aromatic rings. The van der Waals surface area contributed by atoms with Gasteiger partial charge in [-0.1, -0.05) is 32.6 Å². The summed E-state index contributed by atoms with van der Waals surface area (Å²) in [5.74, 6) is -0.900. The van der Waals surface area contributed by atoms with Crippen LogP contribution in [0.4, 0.5) is 4.79 Å². The van der Waals surface area contributed by atoms with Gasteiger partial charge in [-0.2, -0.15) is 0 Å². The number of carbonyl (C=O) groups is 2. The maximum Gasteiger partial charge on any atom is 0.326 e. The summed E-state index contributed by atoms with van der Waals surface area (Å²) >= 11 is 0. The number of hydrogen-bond donors (Lipinski definition) is 2. The van der Waals surface area contributed by atoms with Crippen molar-refractivity contribution in [2.45, 2.75) is 70.9 Å². The molecule has 2 unspecified atom stereocenters. The minimum absolute atomic E-state index is 0.111. The van der Waals surface area contributed by atoms with Gasteiger partial charge >= 0.3 is 12.0 Å². The molecule has 1 aliphatic heterocycles. The molecule has 0 aliphatic carbocycles. The van der Waals surface area contributed by atoms with E-state index in [1.54, 1.807) is 0 Å². The molecule has 5 heteroatoms. The SMILES string of the molecule is CCCCCCC(C)NC(=O)N1CCCC1C(=O)O. The highest BCUT2D eigenvalue weighted by Gasteiger charge is 2.34. The van der Waals surface area contributed by atoms with Gasteiger partial charge < -0.3 is 15.3 Å². The number of aliphatic carboxylic acids is 1. The summed E-state index contributed by atoms with van der Waals surface area (Å²) in [7, 11) is 0. The molecule has 2 N–H and O–H groups in total. The van der Waals surface area contributed by atoms with E-state index in [4.69, 9.17) is 5.11 Å². The van der Waals surface area contributed by atoms with Crippen molar-refractivity contribution in [1.82, 2.24) is 10.2 Å². The molecule has 2 amide bonds. The summed E-state index contributed by atoms with van der Waals surface area (Å²) in [5.41, 5.74) is 0. The van der Waals surface area contributed by atoms with Gasteiger partial charge in [0.2, 0.25) is 0 Å². The summed E-state index contributed by atoms with van der Waals surface area (Å²) in [6.07, 6.45) is 7.03. The third-order valence-corrected chi connectivity index (χ3v) is 3.66. The summed E-state index contributed by atoms with van der Waals surface area (Å²) < 4.78 is 0. The van der Waals surface area contributed by atoms with E-state index in [2.05, 4.69) is 12.2 Å². The highest BCUT2D eigenvalue weighted by molar-refractivity contribution is 5.83. The molecule has 1 heterocycles. The van der Waals surface area contributed by atoms with E-state index in [0.717, 1.165) is 19.3 Å². The third kappa shape index (κ3) is 5.09. The lowest BCUT2D eigenvalue weighted by Gasteiger charge is -2.24. The molecule has 0 aromatic heterocycles. The van der Waals surface area contributed by atoms with Gasteiger partial charge in [0.15, 0.2) is 0 Å². The molecular weight excluding hydrogens is 244 g/mol. The van der Waals surface area contributed by atoms with Crippen LogP contribution in [0.5, 0.6) is 0 Å². The van der Waals surface area contributed by atoms with Crippen LogP contribution in [-0.2, 0) is 4.79 Å². The zero-order chi connectivity index (χ0) is 14.3. The van der Waals surface area contributed by atoms with Crippen molar-refractivity contribution in [3.05, 3.63) is 0 Å². The maximum absolute atomic E-state index is 12.0. The maximum atomic E-state index is 12.0. The van der Waals surface area contributed by atoms with E-state index >= 15 is 0 Å². The van der Waals surface area contributed by atoms with Crippen molar-refractivity contribution in [1.29, 1.82) is 0 Å². The van der Waals surface area contributed by atoms with E-state index in [0.29, 0.717) is 13.0 Å². The normalized spacial score (nSPS) is 20.3. The first-order valence-electron chi connectivity index (χ1n) is 7.36. The van der Waals surface area contributed by atoms with E-state index < -0.39 is 12.0 Å². The van der Waals surface area contributed by atoms with Crippen LogP contribution in [0.15, 0.2) is 0 Å². The Bertz CT molecular complexity index is 307. The molecule has 0 bridgehead atoms. The minimum atomic E-state index is -0.900. The Kier molecular flexibility index (Phi) is 6.67. The number of likely N-dealkylation sites (tertiary alicyclic amines) is 1. The zero-order valence-electron chi connectivity index (χ0n) is 12.0. The molecule has 1 saturated heterocycles. The van der Waals surface area contributed by atoms with Gasteiger partial charge in [-0.05, 0) is 26.2 Å². The Morgan fingerprint density at radius 3 is 2.74 bits per heavy atom. The average Bonchev–Trinajstić information content (AvgIpc) is 2.84. The van der Waals surface area contributed by atoms with Crippen molar-refractivity contribution in [2.75, 3.05) is 6.54 Å². The van der Waals surface area contributed by atoms with E-state index in [9.17, 15) is 9.59 Å². The fourth-order valence-corrected chi connectivity index (χ4v) is 2.51. The molecule has 0 aromatic carbocycles. The largest absolute Gasteiger partial charge is 0.480 e. The van der Waals surface area contributed by atoms with Crippen LogP contribution < -0.4 is 5.32 Å². The Morgan fingerprint density at radius 1 is 1.37 bits per heavy atom. The molecule has 1 fully saturated rings. The smallest absolute Gasteiger partial charge is 0.326 e. The first kappa shape index (κ1) is 15.8. The average molecular weight is 270 g/mol. The number of urea groups is 1. The lowest BCUT2D eigenvalue weighted by Crippen LogP contribution is -2.48. The topological polar surface area (TPSA) is 69.6 Å². The number of rotatable bonds is 7. The standard InChI is InChI=1S/C14H26N2O3/c1-3-4-5-6-8-11(2)15-14(19)16-10-7-9-12(16)13(17)18/h11-12H,3-10H2,1-2H3,(H,15,19)(H,17,18). The fraction of sp³-hybridized carbons (Fsp3) is 0.857. The van der Waals surface area contributed by atoms with Crippen molar-refractivity contribution < 1.29 is 14.7 Å². The first-order chi connectivity index (χ1) is 9.06. The third-order valence-electron chi connectivity index (χ3n) is 3.66. The molecule has 0 saturated carbocycles. The monoisotopic (exact) mass is 270 g/mol. The first-order valence-corrected chi connectivity index (χ1v) is 7.36. The molecule has 1 aliphatic rings. The molecular formula is C14H26N2O3. The number of carboxylic acid groups (broad SMARTS) is 1. The van der Waals surface area contributed by atoms with Crippen LogP contribution in [0.25, 0.3) is 0 Å².